The quantitative estimate of drug-likeness (QED) is 0.289. The molecule has 0 aromatic heterocycles. The third kappa shape index (κ3) is 9.67. The second-order valence-electron chi connectivity index (χ2n) is 6.88. The molecule has 148 valence electrons. The summed E-state index contributed by atoms with van der Waals surface area (Å²) in [6.45, 7) is 5.77. The lowest BCUT2D eigenvalue weighted by Crippen LogP contribution is -2.33. The maximum absolute atomic E-state index is 12.2. The van der Waals surface area contributed by atoms with Crippen molar-refractivity contribution in [2.45, 2.75) is 56.6 Å². The molecule has 0 aliphatic carbocycles. The van der Waals surface area contributed by atoms with Crippen molar-refractivity contribution in [1.29, 1.82) is 0 Å². The van der Waals surface area contributed by atoms with E-state index >= 15 is 0 Å². The number of unbranched alkanes of at least 4 members (excludes halogenated alkanes) is 1. The van der Waals surface area contributed by atoms with Gasteiger partial charge in [-0.3, -0.25) is 0 Å². The number of amides is 1. The summed E-state index contributed by atoms with van der Waals surface area (Å²) in [6.07, 6.45) is 2.68. The summed E-state index contributed by atoms with van der Waals surface area (Å²) in [5, 5.41) is 7.33. The smallest absolute Gasteiger partial charge is 0.407 e. The summed E-state index contributed by atoms with van der Waals surface area (Å²) in [7, 11) is -3.57. The zero-order valence-electron chi connectivity index (χ0n) is 15.8. The highest BCUT2D eigenvalue weighted by molar-refractivity contribution is 7.94. The second kappa shape index (κ2) is 10.6. The van der Waals surface area contributed by atoms with E-state index in [0.717, 1.165) is 5.41 Å². The molecule has 1 rings (SSSR count). The van der Waals surface area contributed by atoms with E-state index in [4.69, 9.17) is 10.3 Å². The van der Waals surface area contributed by atoms with Crippen molar-refractivity contribution in [3.8, 4) is 0 Å². The number of alkyl carbamates (subject to hydrolysis) is 1. The number of carbonyl (C=O) groups is 1. The SMILES string of the molecule is CC(C)(C)OC(=O)NCCCC[C@@H](/C=C/S(=O)(=O)c1ccccc1)N=[N+]=[N-]. The monoisotopic (exact) mass is 394 g/mol. The summed E-state index contributed by atoms with van der Waals surface area (Å²) < 4.78 is 29.6. The maximum atomic E-state index is 12.2. The van der Waals surface area contributed by atoms with Gasteiger partial charge in [0.1, 0.15) is 5.60 Å². The van der Waals surface area contributed by atoms with Crippen molar-refractivity contribution in [2.75, 3.05) is 6.54 Å². The van der Waals surface area contributed by atoms with Crippen LogP contribution >= 0.6 is 0 Å². The fraction of sp³-hybridized carbons (Fsp3) is 0.500. The Bertz CT molecular complexity index is 779. The van der Waals surface area contributed by atoms with Gasteiger partial charge in [-0.1, -0.05) is 35.8 Å². The van der Waals surface area contributed by atoms with Crippen molar-refractivity contribution < 1.29 is 17.9 Å². The number of hydrogen-bond acceptors (Lipinski definition) is 5. The molecule has 0 saturated carbocycles. The topological polar surface area (TPSA) is 121 Å². The molecule has 0 radical (unpaired) electrons. The molecule has 0 aliphatic rings. The number of nitrogens with zero attached hydrogens (tertiary/aromatic N) is 3. The van der Waals surface area contributed by atoms with Crippen LogP contribution in [-0.2, 0) is 14.6 Å². The van der Waals surface area contributed by atoms with Crippen LogP contribution in [0.15, 0.2) is 51.8 Å². The maximum Gasteiger partial charge on any atom is 0.407 e. The molecule has 27 heavy (non-hydrogen) atoms. The van der Waals surface area contributed by atoms with Crippen molar-refractivity contribution in [3.63, 3.8) is 0 Å². The molecule has 1 atom stereocenters. The summed E-state index contributed by atoms with van der Waals surface area (Å²) in [5.74, 6) is 0. The molecule has 8 nitrogen and oxygen atoms in total. The van der Waals surface area contributed by atoms with Crippen LogP contribution < -0.4 is 5.32 Å². The van der Waals surface area contributed by atoms with Gasteiger partial charge >= 0.3 is 6.09 Å². The Morgan fingerprint density at radius 3 is 2.56 bits per heavy atom. The van der Waals surface area contributed by atoms with Crippen molar-refractivity contribution in [2.24, 2.45) is 5.11 Å². The number of carbonyl (C=O) groups excluding carboxylic acids is 1. The molecule has 9 heteroatoms. The van der Waals surface area contributed by atoms with Gasteiger partial charge in [0.2, 0.25) is 0 Å². The molecule has 0 spiro atoms. The number of sulfone groups is 1. The van der Waals surface area contributed by atoms with E-state index in [1.54, 1.807) is 39.0 Å². The molecular formula is C18H26N4O4S. The first kappa shape index (κ1) is 22.5. The molecule has 0 saturated heterocycles. The van der Waals surface area contributed by atoms with Gasteiger partial charge in [0.15, 0.2) is 9.84 Å². The average Bonchev–Trinajstić information content (AvgIpc) is 2.58. The first-order valence-electron chi connectivity index (χ1n) is 8.63. The summed E-state index contributed by atoms with van der Waals surface area (Å²) in [6, 6.07) is 7.45. The number of ether oxygens (including phenoxy) is 1. The van der Waals surface area contributed by atoms with Gasteiger partial charge in [-0.2, -0.15) is 0 Å². The minimum absolute atomic E-state index is 0.183. The average molecular weight is 394 g/mol. The fourth-order valence-electron chi connectivity index (χ4n) is 2.12. The van der Waals surface area contributed by atoms with Crippen LogP contribution in [0.1, 0.15) is 40.0 Å². The lowest BCUT2D eigenvalue weighted by atomic mass is 10.1. The summed E-state index contributed by atoms with van der Waals surface area (Å²) >= 11 is 0. The van der Waals surface area contributed by atoms with Gasteiger partial charge in [-0.15, -0.1) is 0 Å². The molecular weight excluding hydrogens is 368 g/mol. The first-order chi connectivity index (χ1) is 12.6. The number of nitrogens with one attached hydrogen (secondary N) is 1. The van der Waals surface area contributed by atoms with Gasteiger partial charge in [-0.25, -0.2) is 13.2 Å². The van der Waals surface area contributed by atoms with E-state index in [1.807, 2.05) is 0 Å². The zero-order chi connectivity index (χ0) is 20.3. The van der Waals surface area contributed by atoms with Crippen molar-refractivity contribution in [1.82, 2.24) is 5.32 Å². The lowest BCUT2D eigenvalue weighted by molar-refractivity contribution is 0.0527. The van der Waals surface area contributed by atoms with Gasteiger partial charge in [0.05, 0.1) is 10.9 Å². The van der Waals surface area contributed by atoms with Crippen LogP contribution in [0.4, 0.5) is 4.79 Å². The third-order valence-electron chi connectivity index (χ3n) is 3.35. The Morgan fingerprint density at radius 2 is 1.96 bits per heavy atom. The molecule has 1 aromatic rings. The van der Waals surface area contributed by atoms with E-state index in [9.17, 15) is 13.2 Å². The summed E-state index contributed by atoms with van der Waals surface area (Å²) in [4.78, 5) is 14.5. The van der Waals surface area contributed by atoms with Crippen LogP contribution in [0.5, 0.6) is 0 Å². The van der Waals surface area contributed by atoms with E-state index in [-0.39, 0.29) is 4.90 Å². The molecule has 0 aliphatic heterocycles. The number of azide groups is 1. The van der Waals surface area contributed by atoms with Gasteiger partial charge in [0, 0.05) is 16.9 Å². The predicted molar refractivity (Wildman–Crippen MR) is 104 cm³/mol. The van der Waals surface area contributed by atoms with E-state index < -0.39 is 27.6 Å². The summed E-state index contributed by atoms with van der Waals surface area (Å²) in [5.41, 5.74) is 8.12. The highest BCUT2D eigenvalue weighted by Crippen LogP contribution is 2.14. The van der Waals surface area contributed by atoms with Gasteiger partial charge in [-0.05, 0) is 51.3 Å². The Hall–Kier alpha value is -2.51. The van der Waals surface area contributed by atoms with E-state index in [1.165, 1.54) is 18.2 Å². The van der Waals surface area contributed by atoms with Gasteiger partial charge in [0.25, 0.3) is 0 Å². The highest BCUT2D eigenvalue weighted by atomic mass is 32.2. The van der Waals surface area contributed by atoms with Crippen LogP contribution in [0.3, 0.4) is 0 Å². The van der Waals surface area contributed by atoms with Crippen LogP contribution in [-0.4, -0.2) is 32.7 Å². The van der Waals surface area contributed by atoms with E-state index in [2.05, 4.69) is 15.3 Å². The molecule has 1 N–H and O–H groups in total. The number of rotatable bonds is 9. The second-order valence-corrected chi connectivity index (χ2v) is 8.72. The standard InChI is InChI=1S/C18H26N4O4S/c1-18(2,3)26-17(23)20-13-8-7-9-15(21-22-19)12-14-27(24,25)16-10-5-4-6-11-16/h4-6,10-12,14-15H,7-9,13H2,1-3H3,(H,20,23)/b14-12+/t15-/m0/s1. The lowest BCUT2D eigenvalue weighted by Gasteiger charge is -2.19. The molecule has 0 bridgehead atoms. The van der Waals surface area contributed by atoms with E-state index in [0.29, 0.717) is 25.8 Å². The minimum atomic E-state index is -3.57. The molecule has 1 aromatic carbocycles. The molecule has 0 heterocycles. The zero-order valence-corrected chi connectivity index (χ0v) is 16.6. The Balaban J connectivity index is 2.49. The Labute approximate surface area is 160 Å². The molecule has 0 unspecified atom stereocenters. The van der Waals surface area contributed by atoms with Crippen LogP contribution in [0, 0.1) is 0 Å². The van der Waals surface area contributed by atoms with Crippen LogP contribution in [0.2, 0.25) is 0 Å². The number of benzene rings is 1. The predicted octanol–water partition coefficient (Wildman–Crippen LogP) is 4.35. The van der Waals surface area contributed by atoms with Crippen LogP contribution in [0.25, 0.3) is 10.4 Å². The van der Waals surface area contributed by atoms with Crippen molar-refractivity contribution >= 4 is 15.9 Å². The van der Waals surface area contributed by atoms with Crippen molar-refractivity contribution in [3.05, 3.63) is 52.3 Å². The normalized spacial score (nSPS) is 13.0. The Kier molecular flexibility index (Phi) is 8.84. The largest absolute Gasteiger partial charge is 0.444 e. The molecule has 1 amide bonds. The minimum Gasteiger partial charge on any atom is -0.444 e. The fourth-order valence-corrected chi connectivity index (χ4v) is 3.21. The highest BCUT2D eigenvalue weighted by Gasteiger charge is 2.15. The molecule has 0 fully saturated rings. The third-order valence-corrected chi connectivity index (χ3v) is 4.79. The number of hydrogen-bond donors (Lipinski definition) is 1. The van der Waals surface area contributed by atoms with Gasteiger partial charge < -0.3 is 10.1 Å². The Morgan fingerprint density at radius 1 is 1.30 bits per heavy atom. The first-order valence-corrected chi connectivity index (χ1v) is 10.2.